The molecule has 166 valence electrons. The van der Waals surface area contributed by atoms with Crippen molar-refractivity contribution in [1.29, 1.82) is 0 Å². The van der Waals surface area contributed by atoms with Crippen molar-refractivity contribution in [3.05, 3.63) is 46.4 Å². The van der Waals surface area contributed by atoms with Crippen LogP contribution in [0.3, 0.4) is 0 Å². The van der Waals surface area contributed by atoms with Crippen LogP contribution in [0.1, 0.15) is 23.2 Å². The Morgan fingerprint density at radius 2 is 1.90 bits per heavy atom. The summed E-state index contributed by atoms with van der Waals surface area (Å²) < 4.78 is 0. The van der Waals surface area contributed by atoms with Crippen LogP contribution in [0.5, 0.6) is 0 Å². The van der Waals surface area contributed by atoms with E-state index in [1.165, 1.54) is 15.6 Å². The fourth-order valence-corrected chi connectivity index (χ4v) is 4.29. The molecular weight excluding hydrogens is 507 g/mol. The average molecular weight is 543 g/mol. The number of hydrogen-bond acceptors (Lipinski definition) is 5. The van der Waals surface area contributed by atoms with Crippen LogP contribution in [-0.2, 0) is 6.42 Å². The third kappa shape index (κ3) is 8.39. The van der Waals surface area contributed by atoms with Crippen molar-refractivity contribution < 1.29 is 0 Å². The molecule has 0 spiro atoms. The number of benzene rings is 1. The second-order valence-electron chi connectivity index (χ2n) is 7.32. The molecule has 0 amide bonds. The number of hydrogen-bond donors (Lipinski definition) is 2. The van der Waals surface area contributed by atoms with Crippen LogP contribution in [0.2, 0.25) is 0 Å². The highest BCUT2D eigenvalue weighted by atomic mass is 127. The van der Waals surface area contributed by atoms with E-state index in [-0.39, 0.29) is 24.0 Å². The molecule has 3 rings (SSSR count). The lowest BCUT2D eigenvalue weighted by Crippen LogP contribution is -2.46. The van der Waals surface area contributed by atoms with Gasteiger partial charge in [-0.3, -0.25) is 9.89 Å². The molecular formula is C22H35IN6S. The molecule has 8 heteroatoms. The molecule has 1 aromatic heterocycles. The first-order valence-electron chi connectivity index (χ1n) is 10.7. The number of aliphatic imine (C=N–C) groups is 1. The lowest BCUT2D eigenvalue weighted by Gasteiger charge is -2.36. The summed E-state index contributed by atoms with van der Waals surface area (Å²) in [5.74, 6) is 0.912. The van der Waals surface area contributed by atoms with Gasteiger partial charge in [0.15, 0.2) is 5.96 Å². The van der Waals surface area contributed by atoms with Gasteiger partial charge in [-0.15, -0.1) is 35.3 Å². The zero-order chi connectivity index (χ0) is 20.3. The summed E-state index contributed by atoms with van der Waals surface area (Å²) in [4.78, 5) is 15.5. The molecule has 2 heterocycles. The third-order valence-electron chi connectivity index (χ3n) is 5.04. The van der Waals surface area contributed by atoms with Gasteiger partial charge in [0.1, 0.15) is 0 Å². The van der Waals surface area contributed by atoms with E-state index in [4.69, 9.17) is 4.99 Å². The maximum absolute atomic E-state index is 4.74. The van der Waals surface area contributed by atoms with Gasteiger partial charge >= 0.3 is 0 Å². The van der Waals surface area contributed by atoms with Gasteiger partial charge < -0.3 is 15.5 Å². The zero-order valence-electron chi connectivity index (χ0n) is 18.1. The molecule has 1 aliphatic rings. The topological polar surface area (TPSA) is 55.8 Å². The standard InChI is InChI=1S/C22H34N6S.HI/c1-3-23-22(25-12-10-21-26-18-19(2)29-21)24-11-7-13-27-14-16-28(17-15-27)20-8-5-4-6-9-20;/h4-6,8-9,18H,3,7,10-17H2,1-2H3,(H2,23,24,25);1H. The van der Waals surface area contributed by atoms with Crippen LogP contribution in [0.4, 0.5) is 5.69 Å². The number of guanidine groups is 1. The van der Waals surface area contributed by atoms with Crippen LogP contribution < -0.4 is 15.5 Å². The maximum Gasteiger partial charge on any atom is 0.191 e. The minimum absolute atomic E-state index is 0. The minimum atomic E-state index is 0. The summed E-state index contributed by atoms with van der Waals surface area (Å²) in [6.45, 7) is 12.4. The van der Waals surface area contributed by atoms with E-state index in [0.29, 0.717) is 0 Å². The number of nitrogens with one attached hydrogen (secondary N) is 2. The van der Waals surface area contributed by atoms with E-state index in [9.17, 15) is 0 Å². The van der Waals surface area contributed by atoms with Gasteiger partial charge in [0.25, 0.3) is 0 Å². The number of anilines is 1. The summed E-state index contributed by atoms with van der Waals surface area (Å²) in [7, 11) is 0. The predicted octanol–water partition coefficient (Wildman–Crippen LogP) is 3.38. The molecule has 6 nitrogen and oxygen atoms in total. The van der Waals surface area contributed by atoms with Crippen molar-refractivity contribution in [2.24, 2.45) is 4.99 Å². The van der Waals surface area contributed by atoms with Crippen LogP contribution >= 0.6 is 35.3 Å². The second kappa shape index (κ2) is 13.8. The number of thiazole rings is 1. The first-order valence-corrected chi connectivity index (χ1v) is 11.5. The lowest BCUT2D eigenvalue weighted by molar-refractivity contribution is 0.256. The van der Waals surface area contributed by atoms with Crippen LogP contribution in [0.25, 0.3) is 0 Å². The molecule has 0 atom stereocenters. The zero-order valence-corrected chi connectivity index (χ0v) is 21.3. The quantitative estimate of drug-likeness (QED) is 0.220. The Morgan fingerprint density at radius 3 is 2.57 bits per heavy atom. The molecule has 1 saturated heterocycles. The number of piperazine rings is 1. The van der Waals surface area contributed by atoms with E-state index < -0.39 is 0 Å². The molecule has 0 radical (unpaired) electrons. The predicted molar refractivity (Wildman–Crippen MR) is 140 cm³/mol. The van der Waals surface area contributed by atoms with E-state index in [1.807, 2.05) is 6.20 Å². The van der Waals surface area contributed by atoms with Crippen molar-refractivity contribution in [1.82, 2.24) is 20.5 Å². The molecule has 0 unspecified atom stereocenters. The summed E-state index contributed by atoms with van der Waals surface area (Å²) in [5, 5.41) is 7.95. The molecule has 0 bridgehead atoms. The number of rotatable bonds is 9. The first kappa shape index (κ1) is 24.9. The van der Waals surface area contributed by atoms with Crippen molar-refractivity contribution in [2.45, 2.75) is 26.7 Å². The minimum Gasteiger partial charge on any atom is -0.369 e. The number of aromatic nitrogens is 1. The smallest absolute Gasteiger partial charge is 0.191 e. The highest BCUT2D eigenvalue weighted by Crippen LogP contribution is 2.15. The van der Waals surface area contributed by atoms with Gasteiger partial charge in [-0.05, 0) is 32.4 Å². The van der Waals surface area contributed by atoms with Crippen LogP contribution in [-0.4, -0.2) is 68.2 Å². The normalized spacial score (nSPS) is 15.0. The van der Waals surface area contributed by atoms with Gasteiger partial charge in [-0.2, -0.15) is 0 Å². The SMILES string of the molecule is CCNC(=NCCCN1CCN(c2ccccc2)CC1)NCCc1ncc(C)s1.I. The molecule has 30 heavy (non-hydrogen) atoms. The van der Waals surface area contributed by atoms with Gasteiger partial charge in [-0.1, -0.05) is 18.2 Å². The van der Waals surface area contributed by atoms with Gasteiger partial charge in [-0.25, -0.2) is 4.98 Å². The average Bonchev–Trinajstić information content (AvgIpc) is 3.17. The monoisotopic (exact) mass is 542 g/mol. The second-order valence-corrected chi connectivity index (χ2v) is 8.64. The molecule has 0 saturated carbocycles. The Hall–Kier alpha value is -1.39. The molecule has 2 aromatic rings. The highest BCUT2D eigenvalue weighted by molar-refractivity contribution is 14.0. The first-order chi connectivity index (χ1) is 14.2. The van der Waals surface area contributed by atoms with Crippen molar-refractivity contribution in [2.75, 3.05) is 57.3 Å². The number of nitrogens with zero attached hydrogens (tertiary/aromatic N) is 4. The number of para-hydroxylation sites is 1. The van der Waals surface area contributed by atoms with Gasteiger partial charge in [0.05, 0.1) is 5.01 Å². The third-order valence-corrected chi connectivity index (χ3v) is 6.01. The Bertz CT molecular complexity index is 743. The summed E-state index contributed by atoms with van der Waals surface area (Å²) in [6.07, 6.45) is 3.97. The van der Waals surface area contributed by atoms with E-state index in [2.05, 4.69) is 69.6 Å². The van der Waals surface area contributed by atoms with Gasteiger partial charge in [0.2, 0.25) is 0 Å². The number of aryl methyl sites for hydroxylation is 1. The Balaban J connectivity index is 0.00000320. The Kier molecular flexibility index (Phi) is 11.5. The van der Waals surface area contributed by atoms with E-state index in [0.717, 1.165) is 71.2 Å². The Labute approximate surface area is 202 Å². The lowest BCUT2D eigenvalue weighted by atomic mass is 10.2. The summed E-state index contributed by atoms with van der Waals surface area (Å²) >= 11 is 1.77. The van der Waals surface area contributed by atoms with Crippen molar-refractivity contribution >= 4 is 47.0 Å². The molecule has 1 aromatic carbocycles. The van der Waals surface area contributed by atoms with Crippen molar-refractivity contribution in [3.63, 3.8) is 0 Å². The largest absolute Gasteiger partial charge is 0.369 e. The van der Waals surface area contributed by atoms with Crippen LogP contribution in [0, 0.1) is 6.92 Å². The summed E-state index contributed by atoms with van der Waals surface area (Å²) in [6, 6.07) is 10.7. The van der Waals surface area contributed by atoms with Crippen molar-refractivity contribution in [3.8, 4) is 0 Å². The Morgan fingerprint density at radius 1 is 1.13 bits per heavy atom. The highest BCUT2D eigenvalue weighted by Gasteiger charge is 2.16. The fourth-order valence-electron chi connectivity index (χ4n) is 3.50. The van der Waals surface area contributed by atoms with Gasteiger partial charge in [0, 0.05) is 75.5 Å². The van der Waals surface area contributed by atoms with E-state index >= 15 is 0 Å². The molecule has 2 N–H and O–H groups in total. The summed E-state index contributed by atoms with van der Waals surface area (Å²) in [5.41, 5.74) is 1.34. The number of halogens is 1. The molecule has 1 aliphatic heterocycles. The fraction of sp³-hybridized carbons (Fsp3) is 0.545. The maximum atomic E-state index is 4.74. The van der Waals surface area contributed by atoms with E-state index in [1.54, 1.807) is 11.3 Å². The molecule has 0 aliphatic carbocycles. The van der Waals surface area contributed by atoms with Crippen LogP contribution in [0.15, 0.2) is 41.5 Å². The molecule has 1 fully saturated rings.